The average Bonchev–Trinajstić information content (AvgIpc) is 2.90. The van der Waals surface area contributed by atoms with Crippen LogP contribution in [-0.4, -0.2) is 29.6 Å². The minimum Gasteiger partial charge on any atom is -0.353 e. The minimum absolute atomic E-state index is 0.0367. The molecular formula is C11H17N3O. The van der Waals surface area contributed by atoms with Gasteiger partial charge >= 0.3 is 0 Å². The number of rotatable bonds is 4. The van der Waals surface area contributed by atoms with E-state index in [0.717, 1.165) is 25.9 Å². The summed E-state index contributed by atoms with van der Waals surface area (Å²) in [6.45, 7) is 2.51. The van der Waals surface area contributed by atoms with Gasteiger partial charge in [0, 0.05) is 25.5 Å². The van der Waals surface area contributed by atoms with Crippen molar-refractivity contribution in [3.05, 3.63) is 24.5 Å². The Morgan fingerprint density at radius 3 is 2.93 bits per heavy atom. The van der Waals surface area contributed by atoms with Gasteiger partial charge in [-0.2, -0.15) is 0 Å². The Morgan fingerprint density at radius 2 is 2.27 bits per heavy atom. The first-order chi connectivity index (χ1) is 7.36. The van der Waals surface area contributed by atoms with Crippen LogP contribution in [0.25, 0.3) is 0 Å². The summed E-state index contributed by atoms with van der Waals surface area (Å²) >= 11 is 0. The van der Waals surface area contributed by atoms with Crippen LogP contribution >= 0.6 is 0 Å². The van der Waals surface area contributed by atoms with Crippen LogP contribution in [0, 0.1) is 0 Å². The molecule has 1 saturated heterocycles. The van der Waals surface area contributed by atoms with Crippen LogP contribution in [0.3, 0.4) is 0 Å². The molecule has 0 saturated carbocycles. The molecule has 0 spiro atoms. The van der Waals surface area contributed by atoms with Crippen LogP contribution in [0.15, 0.2) is 24.5 Å². The third-order valence-electron chi connectivity index (χ3n) is 2.71. The van der Waals surface area contributed by atoms with Crippen molar-refractivity contribution in [3.8, 4) is 0 Å². The number of amides is 1. The quantitative estimate of drug-likeness (QED) is 0.748. The van der Waals surface area contributed by atoms with Crippen LogP contribution in [-0.2, 0) is 11.3 Å². The third kappa shape index (κ3) is 2.83. The van der Waals surface area contributed by atoms with E-state index in [1.165, 1.54) is 0 Å². The van der Waals surface area contributed by atoms with Gasteiger partial charge in [0.15, 0.2) is 0 Å². The lowest BCUT2D eigenvalue weighted by Crippen LogP contribution is -2.41. The maximum absolute atomic E-state index is 11.6. The van der Waals surface area contributed by atoms with E-state index >= 15 is 0 Å². The molecule has 1 fully saturated rings. The lowest BCUT2D eigenvalue weighted by molar-refractivity contribution is -0.122. The minimum atomic E-state index is 0.0367. The summed E-state index contributed by atoms with van der Waals surface area (Å²) in [5, 5.41) is 6.12. The molecule has 0 bridgehead atoms. The van der Waals surface area contributed by atoms with E-state index in [9.17, 15) is 4.79 Å². The summed E-state index contributed by atoms with van der Waals surface area (Å²) in [5.41, 5.74) is 0. The Kier molecular flexibility index (Phi) is 3.40. The second-order valence-corrected chi connectivity index (χ2v) is 3.86. The van der Waals surface area contributed by atoms with Crippen molar-refractivity contribution in [1.29, 1.82) is 0 Å². The van der Waals surface area contributed by atoms with Gasteiger partial charge in [-0.15, -0.1) is 0 Å². The van der Waals surface area contributed by atoms with Gasteiger partial charge in [0.1, 0.15) is 0 Å². The first kappa shape index (κ1) is 10.2. The molecule has 2 N–H and O–H groups in total. The molecule has 82 valence electrons. The van der Waals surface area contributed by atoms with Gasteiger partial charge in [-0.25, -0.2) is 0 Å². The summed E-state index contributed by atoms with van der Waals surface area (Å²) in [7, 11) is 0. The number of nitrogens with one attached hydrogen (secondary N) is 2. The van der Waals surface area contributed by atoms with Crippen molar-refractivity contribution in [2.75, 3.05) is 13.1 Å². The average molecular weight is 207 g/mol. The molecule has 0 unspecified atom stereocenters. The highest BCUT2D eigenvalue weighted by atomic mass is 16.2. The van der Waals surface area contributed by atoms with E-state index in [1.54, 1.807) is 0 Å². The summed E-state index contributed by atoms with van der Waals surface area (Å²) in [6.07, 6.45) is 6.07. The first-order valence-corrected chi connectivity index (χ1v) is 5.48. The fraction of sp³-hybridized carbons (Fsp3) is 0.545. The number of carbonyl (C=O) groups is 1. The maximum atomic E-state index is 11.6. The van der Waals surface area contributed by atoms with E-state index in [4.69, 9.17) is 0 Å². The van der Waals surface area contributed by atoms with Crippen LogP contribution < -0.4 is 10.6 Å². The zero-order valence-corrected chi connectivity index (χ0v) is 8.78. The number of hydrogen-bond donors (Lipinski definition) is 2. The molecule has 0 radical (unpaired) electrons. The molecule has 1 atom stereocenters. The van der Waals surface area contributed by atoms with Crippen molar-refractivity contribution >= 4 is 5.91 Å². The van der Waals surface area contributed by atoms with E-state index in [1.807, 2.05) is 24.5 Å². The van der Waals surface area contributed by atoms with Crippen molar-refractivity contribution in [2.45, 2.75) is 25.4 Å². The Labute approximate surface area is 89.7 Å². The van der Waals surface area contributed by atoms with Crippen LogP contribution in [0.5, 0.6) is 0 Å². The monoisotopic (exact) mass is 207 g/mol. The Bertz CT molecular complexity index is 302. The Hall–Kier alpha value is -1.29. The second kappa shape index (κ2) is 4.98. The number of carbonyl (C=O) groups excluding carboxylic acids is 1. The molecule has 2 rings (SSSR count). The molecule has 1 amide bonds. The molecule has 1 aromatic rings. The predicted molar refractivity (Wildman–Crippen MR) is 58.5 cm³/mol. The maximum Gasteiger partial charge on any atom is 0.237 e. The summed E-state index contributed by atoms with van der Waals surface area (Å²) in [6, 6.07) is 4.01. The van der Waals surface area contributed by atoms with Crippen LogP contribution in [0.4, 0.5) is 0 Å². The van der Waals surface area contributed by atoms with Gasteiger partial charge in [-0.05, 0) is 31.5 Å². The number of nitrogens with zero attached hydrogens (tertiary/aromatic N) is 1. The van der Waals surface area contributed by atoms with Crippen molar-refractivity contribution in [3.63, 3.8) is 0 Å². The molecular weight excluding hydrogens is 190 g/mol. The second-order valence-electron chi connectivity index (χ2n) is 3.86. The van der Waals surface area contributed by atoms with Crippen molar-refractivity contribution in [1.82, 2.24) is 15.2 Å². The highest BCUT2D eigenvalue weighted by Crippen LogP contribution is 2.04. The van der Waals surface area contributed by atoms with Crippen LogP contribution in [0.1, 0.15) is 12.8 Å². The largest absolute Gasteiger partial charge is 0.353 e. The fourth-order valence-electron chi connectivity index (χ4n) is 1.86. The predicted octanol–water partition coefficient (Wildman–Crippen LogP) is 0.356. The fourth-order valence-corrected chi connectivity index (χ4v) is 1.86. The van der Waals surface area contributed by atoms with E-state index < -0.39 is 0 Å². The number of aromatic nitrogens is 1. The van der Waals surface area contributed by atoms with Gasteiger partial charge in [-0.3, -0.25) is 4.79 Å². The highest BCUT2D eigenvalue weighted by Gasteiger charge is 2.20. The van der Waals surface area contributed by atoms with Crippen molar-refractivity contribution < 1.29 is 4.79 Å². The zero-order chi connectivity index (χ0) is 10.5. The SMILES string of the molecule is O=C(NCCn1cccc1)[C@@H]1CCCN1. The lowest BCUT2D eigenvalue weighted by atomic mass is 10.2. The Balaban J connectivity index is 1.67. The third-order valence-corrected chi connectivity index (χ3v) is 2.71. The normalized spacial score (nSPS) is 20.4. The van der Waals surface area contributed by atoms with E-state index in [0.29, 0.717) is 6.54 Å². The van der Waals surface area contributed by atoms with Crippen molar-refractivity contribution in [2.24, 2.45) is 0 Å². The Morgan fingerprint density at radius 1 is 1.47 bits per heavy atom. The lowest BCUT2D eigenvalue weighted by Gasteiger charge is -2.11. The first-order valence-electron chi connectivity index (χ1n) is 5.48. The summed E-state index contributed by atoms with van der Waals surface area (Å²) in [5.74, 6) is 0.139. The molecule has 4 heteroatoms. The molecule has 1 aromatic heterocycles. The topological polar surface area (TPSA) is 46.1 Å². The highest BCUT2D eigenvalue weighted by molar-refractivity contribution is 5.81. The summed E-state index contributed by atoms with van der Waals surface area (Å²) < 4.78 is 2.06. The molecule has 1 aliphatic heterocycles. The number of hydrogen-bond acceptors (Lipinski definition) is 2. The van der Waals surface area contributed by atoms with E-state index in [-0.39, 0.29) is 11.9 Å². The zero-order valence-electron chi connectivity index (χ0n) is 8.78. The van der Waals surface area contributed by atoms with Gasteiger partial charge in [0.25, 0.3) is 0 Å². The molecule has 0 aromatic carbocycles. The van der Waals surface area contributed by atoms with Gasteiger partial charge in [0.05, 0.1) is 6.04 Å². The standard InChI is InChI=1S/C11H17N3O/c15-11(10-4-3-5-12-10)13-6-9-14-7-1-2-8-14/h1-2,7-8,10,12H,3-6,9H2,(H,13,15)/t10-/m0/s1. The molecule has 2 heterocycles. The van der Waals surface area contributed by atoms with Gasteiger partial charge in [0.2, 0.25) is 5.91 Å². The molecule has 15 heavy (non-hydrogen) atoms. The van der Waals surface area contributed by atoms with Gasteiger partial charge in [-0.1, -0.05) is 0 Å². The molecule has 1 aliphatic rings. The summed E-state index contributed by atoms with van der Waals surface area (Å²) in [4.78, 5) is 11.6. The van der Waals surface area contributed by atoms with Crippen LogP contribution in [0.2, 0.25) is 0 Å². The van der Waals surface area contributed by atoms with Gasteiger partial charge < -0.3 is 15.2 Å². The molecule has 0 aliphatic carbocycles. The molecule has 4 nitrogen and oxygen atoms in total. The van der Waals surface area contributed by atoms with E-state index in [2.05, 4.69) is 15.2 Å². The smallest absolute Gasteiger partial charge is 0.237 e.